The molecule has 3 aromatic rings. The summed E-state index contributed by atoms with van der Waals surface area (Å²) >= 11 is 0. The molecule has 0 saturated heterocycles. The van der Waals surface area contributed by atoms with E-state index in [9.17, 15) is 5.26 Å². The Morgan fingerprint density at radius 3 is 2.39 bits per heavy atom. The zero-order chi connectivity index (χ0) is 21.2. The molecule has 2 heterocycles. The molecule has 2 aromatic carbocycles. The Morgan fingerprint density at radius 1 is 1.00 bits per heavy atom. The van der Waals surface area contributed by atoms with Gasteiger partial charge in [0.1, 0.15) is 0 Å². The molecule has 31 heavy (non-hydrogen) atoms. The zero-order valence-corrected chi connectivity index (χ0v) is 17.0. The van der Waals surface area contributed by atoms with Gasteiger partial charge in [-0.1, -0.05) is 24.3 Å². The summed E-state index contributed by atoms with van der Waals surface area (Å²) in [6.45, 7) is 0. The van der Waals surface area contributed by atoms with Crippen molar-refractivity contribution >= 4 is 5.96 Å². The molecule has 7 heteroatoms. The van der Waals surface area contributed by atoms with Gasteiger partial charge < -0.3 is 5.73 Å². The molecule has 2 N–H and O–H groups in total. The second-order valence-corrected chi connectivity index (χ2v) is 8.62. The molecule has 1 atom stereocenters. The number of aliphatic imine (C=N–C) groups is 1. The normalized spacial score (nSPS) is 22.5. The number of benzene rings is 2. The average Bonchev–Trinajstić information content (AvgIpc) is 3.40. The van der Waals surface area contributed by atoms with E-state index in [1.165, 1.54) is 16.7 Å². The predicted molar refractivity (Wildman–Crippen MR) is 114 cm³/mol. The maximum atomic E-state index is 9.30. The number of rotatable bonds is 1. The molecule has 0 radical (unpaired) electrons. The van der Waals surface area contributed by atoms with Crippen molar-refractivity contribution in [3.63, 3.8) is 0 Å². The highest BCUT2D eigenvalue weighted by molar-refractivity contribution is 5.79. The summed E-state index contributed by atoms with van der Waals surface area (Å²) in [5.74, 6) is 0.372. The molecule has 0 fully saturated rings. The Morgan fingerprint density at radius 2 is 1.71 bits per heavy atom. The fourth-order valence-electron chi connectivity index (χ4n) is 5.43. The third-order valence-corrected chi connectivity index (χ3v) is 6.88. The van der Waals surface area contributed by atoms with Crippen molar-refractivity contribution < 1.29 is 4.84 Å². The van der Waals surface area contributed by atoms with Gasteiger partial charge >= 0.3 is 0 Å². The fourth-order valence-corrected chi connectivity index (χ4v) is 5.43. The van der Waals surface area contributed by atoms with E-state index in [0.717, 1.165) is 36.0 Å². The third-order valence-electron chi connectivity index (χ3n) is 6.88. The van der Waals surface area contributed by atoms with Crippen LogP contribution in [0.25, 0.3) is 11.1 Å². The lowest BCUT2D eigenvalue weighted by molar-refractivity contribution is -0.219. The highest BCUT2D eigenvalue weighted by Gasteiger charge is 2.64. The van der Waals surface area contributed by atoms with Crippen molar-refractivity contribution in [1.82, 2.24) is 15.3 Å². The van der Waals surface area contributed by atoms with E-state index < -0.39 is 5.72 Å². The van der Waals surface area contributed by atoms with Crippen molar-refractivity contribution in [2.24, 2.45) is 16.1 Å². The number of nitrogens with zero attached hydrogens (tertiary/aromatic N) is 5. The standard InChI is InChI=1S/C24H20N6O/c1-30-22(26)29-24(31-30)21-8-17(16-4-2-3-15(7-16)12-25)5-6-18(21)9-23(24)10-19-13-27-28-14-20(19)11-23/h2-8,13-14H,9-11H2,1H3,(H2,26,29). The van der Waals surface area contributed by atoms with Gasteiger partial charge in [0.05, 0.1) is 24.0 Å². The van der Waals surface area contributed by atoms with Gasteiger partial charge in [0.25, 0.3) is 0 Å². The quantitative estimate of drug-likeness (QED) is 0.664. The van der Waals surface area contributed by atoms with Crippen LogP contribution in [-0.4, -0.2) is 28.3 Å². The van der Waals surface area contributed by atoms with Crippen LogP contribution in [0.4, 0.5) is 0 Å². The van der Waals surface area contributed by atoms with E-state index in [-0.39, 0.29) is 5.41 Å². The van der Waals surface area contributed by atoms with Crippen LogP contribution in [0.15, 0.2) is 59.9 Å². The number of hydrogen-bond donors (Lipinski definition) is 1. The molecule has 2 aliphatic carbocycles. The Balaban J connectivity index is 1.53. The topological polar surface area (TPSA) is 100 Å². The van der Waals surface area contributed by atoms with Crippen molar-refractivity contribution in [2.75, 3.05) is 7.05 Å². The van der Waals surface area contributed by atoms with E-state index in [2.05, 4.69) is 34.5 Å². The zero-order valence-electron chi connectivity index (χ0n) is 17.0. The molecule has 1 aliphatic heterocycles. The van der Waals surface area contributed by atoms with Crippen LogP contribution in [0.3, 0.4) is 0 Å². The number of hydrogen-bond acceptors (Lipinski definition) is 7. The monoisotopic (exact) mass is 408 g/mol. The minimum atomic E-state index is -0.900. The second kappa shape index (κ2) is 6.13. The lowest BCUT2D eigenvalue weighted by Gasteiger charge is -2.37. The van der Waals surface area contributed by atoms with Crippen molar-refractivity contribution in [3.05, 3.63) is 82.7 Å². The van der Waals surface area contributed by atoms with E-state index >= 15 is 0 Å². The van der Waals surface area contributed by atoms with E-state index in [4.69, 9.17) is 15.6 Å². The van der Waals surface area contributed by atoms with Crippen LogP contribution in [0.5, 0.6) is 0 Å². The van der Waals surface area contributed by atoms with E-state index in [0.29, 0.717) is 11.5 Å². The van der Waals surface area contributed by atoms with Crippen LogP contribution >= 0.6 is 0 Å². The first-order valence-electron chi connectivity index (χ1n) is 10.2. The maximum absolute atomic E-state index is 9.30. The number of nitriles is 1. The van der Waals surface area contributed by atoms with Gasteiger partial charge in [-0.05, 0) is 65.3 Å². The number of guanidine groups is 1. The number of hydroxylamine groups is 2. The first-order valence-corrected chi connectivity index (χ1v) is 10.2. The molecule has 152 valence electrons. The SMILES string of the molecule is CN1OC2(N=C1N)c1cc(-c3cccc(C#N)c3)ccc1CC21Cc2cnncc2C1. The summed E-state index contributed by atoms with van der Waals surface area (Å²) in [4.78, 5) is 11.4. The highest BCUT2D eigenvalue weighted by atomic mass is 16.7. The lowest BCUT2D eigenvalue weighted by atomic mass is 9.75. The Kier molecular flexibility index (Phi) is 3.57. The van der Waals surface area contributed by atoms with E-state index in [1.807, 2.05) is 36.7 Å². The first-order chi connectivity index (χ1) is 15.0. The summed E-state index contributed by atoms with van der Waals surface area (Å²) in [5.41, 5.74) is 12.3. The fraction of sp³-hybridized carbons (Fsp3) is 0.250. The Hall–Kier alpha value is -3.76. The van der Waals surface area contributed by atoms with Gasteiger partial charge in [0.2, 0.25) is 11.7 Å². The number of nitrogens with two attached hydrogens (primary N) is 1. The number of aromatic nitrogens is 2. The second-order valence-electron chi connectivity index (χ2n) is 8.62. The minimum Gasteiger partial charge on any atom is -0.368 e. The van der Waals surface area contributed by atoms with Crippen molar-refractivity contribution in [2.45, 2.75) is 25.0 Å². The Labute approximate surface area is 179 Å². The first kappa shape index (κ1) is 18.0. The molecule has 1 unspecified atom stereocenters. The maximum Gasteiger partial charge on any atom is 0.221 e. The molecule has 7 nitrogen and oxygen atoms in total. The van der Waals surface area contributed by atoms with Gasteiger partial charge in [0, 0.05) is 18.0 Å². The average molecular weight is 408 g/mol. The molecule has 6 rings (SSSR count). The molecular weight excluding hydrogens is 388 g/mol. The van der Waals surface area contributed by atoms with Gasteiger partial charge in [-0.15, -0.1) is 0 Å². The number of fused-ring (bicyclic) bond motifs is 4. The van der Waals surface area contributed by atoms with Gasteiger partial charge in [-0.3, -0.25) is 0 Å². The molecular formula is C24H20N6O. The lowest BCUT2D eigenvalue weighted by Crippen LogP contribution is -2.44. The molecule has 2 spiro atoms. The van der Waals surface area contributed by atoms with Crippen LogP contribution in [-0.2, 0) is 29.8 Å². The summed E-state index contributed by atoms with van der Waals surface area (Å²) < 4.78 is 0. The van der Waals surface area contributed by atoms with Gasteiger partial charge in [-0.25, -0.2) is 14.9 Å². The molecule has 0 amide bonds. The highest BCUT2D eigenvalue weighted by Crippen LogP contribution is 2.61. The summed E-state index contributed by atoms with van der Waals surface area (Å²) in [6, 6.07) is 16.3. The smallest absolute Gasteiger partial charge is 0.221 e. The van der Waals surface area contributed by atoms with Crippen LogP contribution < -0.4 is 5.73 Å². The van der Waals surface area contributed by atoms with Gasteiger partial charge in [0.15, 0.2) is 0 Å². The molecule has 0 saturated carbocycles. The third kappa shape index (κ3) is 2.39. The summed E-state index contributed by atoms with van der Waals surface area (Å²) in [7, 11) is 1.80. The van der Waals surface area contributed by atoms with Crippen LogP contribution in [0.1, 0.15) is 27.8 Å². The van der Waals surface area contributed by atoms with Crippen molar-refractivity contribution in [3.8, 4) is 17.2 Å². The van der Waals surface area contributed by atoms with Crippen LogP contribution in [0, 0.1) is 16.7 Å². The largest absolute Gasteiger partial charge is 0.368 e. The molecule has 1 aromatic heterocycles. The van der Waals surface area contributed by atoms with Crippen molar-refractivity contribution in [1.29, 1.82) is 5.26 Å². The predicted octanol–water partition coefficient (Wildman–Crippen LogP) is 2.70. The molecule has 0 bridgehead atoms. The Bertz CT molecular complexity index is 1280. The molecule has 3 aliphatic rings. The van der Waals surface area contributed by atoms with E-state index in [1.54, 1.807) is 12.1 Å². The summed E-state index contributed by atoms with van der Waals surface area (Å²) in [5, 5.41) is 19.0. The minimum absolute atomic E-state index is 0.287. The summed E-state index contributed by atoms with van der Waals surface area (Å²) in [6.07, 6.45) is 6.14. The van der Waals surface area contributed by atoms with Gasteiger partial charge in [-0.2, -0.15) is 15.5 Å². The van der Waals surface area contributed by atoms with Crippen LogP contribution in [0.2, 0.25) is 0 Å².